The predicted octanol–water partition coefficient (Wildman–Crippen LogP) is 6.31. The minimum Gasteiger partial charge on any atom is -0.482 e. The molecule has 1 aromatic heterocycles. The molecule has 2 saturated carbocycles. The van der Waals surface area contributed by atoms with Gasteiger partial charge in [-0.25, -0.2) is 0 Å². The zero-order valence-electron chi connectivity index (χ0n) is 18.3. The van der Waals surface area contributed by atoms with Gasteiger partial charge in [-0.15, -0.1) is 0 Å². The van der Waals surface area contributed by atoms with Gasteiger partial charge in [0.2, 0.25) is 0 Å². The number of aromatic nitrogens is 1. The van der Waals surface area contributed by atoms with Crippen LogP contribution in [0.1, 0.15) is 66.7 Å². The first kappa shape index (κ1) is 20.0. The molecule has 1 heterocycles. The van der Waals surface area contributed by atoms with E-state index in [1.54, 1.807) is 6.20 Å². The second-order valence-electron chi connectivity index (χ2n) is 9.64. The normalized spacial score (nSPS) is 24.8. The highest BCUT2D eigenvalue weighted by Gasteiger charge is 2.52. The van der Waals surface area contributed by atoms with Gasteiger partial charge in [0, 0.05) is 17.2 Å². The maximum Gasteiger partial charge on any atom is 0.150 e. The second-order valence-corrected chi connectivity index (χ2v) is 9.64. The molecule has 0 aliphatic heterocycles. The van der Waals surface area contributed by atoms with E-state index in [-0.39, 0.29) is 5.41 Å². The molecule has 2 unspecified atom stereocenters. The van der Waals surface area contributed by atoms with Crippen molar-refractivity contribution in [3.05, 3.63) is 95.3 Å². The monoisotopic (exact) mass is 411 g/mol. The number of rotatable bonds is 6. The van der Waals surface area contributed by atoms with Gasteiger partial charge in [-0.3, -0.25) is 9.78 Å². The summed E-state index contributed by atoms with van der Waals surface area (Å²) in [4.78, 5) is 15.6. The fourth-order valence-corrected chi connectivity index (χ4v) is 5.95. The average Bonchev–Trinajstić information content (AvgIpc) is 3.42. The summed E-state index contributed by atoms with van der Waals surface area (Å²) in [6.45, 7) is 4.10. The second kappa shape index (κ2) is 7.64. The number of pyridine rings is 1. The van der Waals surface area contributed by atoms with Crippen LogP contribution in [0.2, 0.25) is 0 Å². The summed E-state index contributed by atoms with van der Waals surface area (Å²) in [5, 5.41) is 0. The Kier molecular flexibility index (Phi) is 4.92. The topological polar surface area (TPSA) is 39.2 Å². The molecule has 0 saturated heterocycles. The van der Waals surface area contributed by atoms with Gasteiger partial charge in [0.25, 0.3) is 0 Å². The Balaban J connectivity index is 1.47. The van der Waals surface area contributed by atoms with Gasteiger partial charge in [-0.1, -0.05) is 48.9 Å². The van der Waals surface area contributed by atoms with Crippen molar-refractivity contribution in [2.24, 2.45) is 11.8 Å². The van der Waals surface area contributed by atoms with Crippen LogP contribution in [0.15, 0.2) is 72.9 Å². The van der Waals surface area contributed by atoms with Crippen LogP contribution in [0, 0.1) is 11.8 Å². The number of aldehydes is 1. The molecular formula is C28H29NO2. The van der Waals surface area contributed by atoms with E-state index in [1.807, 2.05) is 30.3 Å². The van der Waals surface area contributed by atoms with Crippen LogP contribution < -0.4 is 4.74 Å². The summed E-state index contributed by atoms with van der Waals surface area (Å²) < 4.78 is 6.34. The first-order valence-electron chi connectivity index (χ1n) is 11.3. The van der Waals surface area contributed by atoms with Crippen molar-refractivity contribution in [3.63, 3.8) is 0 Å². The average molecular weight is 412 g/mol. The third kappa shape index (κ3) is 3.46. The largest absolute Gasteiger partial charge is 0.482 e. The van der Waals surface area contributed by atoms with Crippen LogP contribution in [0.3, 0.4) is 0 Å². The Morgan fingerprint density at radius 1 is 0.968 bits per heavy atom. The zero-order chi connectivity index (χ0) is 21.5. The maximum atomic E-state index is 11.2. The number of fused-ring (bicyclic) bond motifs is 2. The molecule has 3 heteroatoms. The van der Waals surface area contributed by atoms with Crippen LogP contribution in [-0.2, 0) is 11.0 Å². The van der Waals surface area contributed by atoms with E-state index in [2.05, 4.69) is 55.2 Å². The highest BCUT2D eigenvalue weighted by atomic mass is 16.5. The lowest BCUT2D eigenvalue weighted by molar-refractivity contribution is 0.104. The molecule has 2 fully saturated rings. The molecule has 3 atom stereocenters. The fraction of sp³-hybridized carbons (Fsp3) is 0.357. The van der Waals surface area contributed by atoms with Crippen LogP contribution in [0.5, 0.6) is 5.75 Å². The van der Waals surface area contributed by atoms with Gasteiger partial charge >= 0.3 is 0 Å². The summed E-state index contributed by atoms with van der Waals surface area (Å²) in [6.07, 6.45) is 7.85. The van der Waals surface area contributed by atoms with Crippen LogP contribution in [0.4, 0.5) is 0 Å². The van der Waals surface area contributed by atoms with Gasteiger partial charge < -0.3 is 4.74 Å². The zero-order valence-corrected chi connectivity index (χ0v) is 18.3. The fourth-order valence-electron chi connectivity index (χ4n) is 5.95. The molecule has 2 aromatic carbocycles. The summed E-state index contributed by atoms with van der Waals surface area (Å²) in [6, 6.07) is 22.9. The minimum absolute atomic E-state index is 0.0410. The van der Waals surface area contributed by atoms with E-state index in [0.717, 1.165) is 29.2 Å². The predicted molar refractivity (Wildman–Crippen MR) is 122 cm³/mol. The standard InChI is InChI=1S/C28H29NO2/c1-27(2,26-5-3-4-16-29-26)31-25-14-12-23(13-15-25)28(18-21-8-11-24(28)17-21)22-9-6-20(19-30)7-10-22/h3-7,9-10,12-16,19,21,24H,8,11,17-18H2,1-2H3/t21?,24?,28-/m1/s1. The highest BCUT2D eigenvalue weighted by Crippen LogP contribution is 2.60. The molecule has 2 aliphatic carbocycles. The van der Waals surface area contributed by atoms with E-state index >= 15 is 0 Å². The third-order valence-corrected chi connectivity index (χ3v) is 7.43. The Labute approximate surface area is 184 Å². The van der Waals surface area contributed by atoms with E-state index in [1.165, 1.54) is 36.8 Å². The number of carbonyl (C=O) groups is 1. The van der Waals surface area contributed by atoms with Crippen molar-refractivity contribution in [1.29, 1.82) is 0 Å². The van der Waals surface area contributed by atoms with E-state index in [0.29, 0.717) is 5.92 Å². The first-order valence-corrected chi connectivity index (χ1v) is 11.3. The minimum atomic E-state index is -0.502. The molecule has 0 amide bonds. The van der Waals surface area contributed by atoms with Crippen molar-refractivity contribution in [3.8, 4) is 5.75 Å². The molecule has 5 rings (SSSR count). The summed E-state index contributed by atoms with van der Waals surface area (Å²) in [5.74, 6) is 2.32. The molecule has 158 valence electrons. The number of carbonyl (C=O) groups excluding carboxylic acids is 1. The van der Waals surface area contributed by atoms with Crippen molar-refractivity contribution >= 4 is 6.29 Å². The third-order valence-electron chi connectivity index (χ3n) is 7.43. The molecule has 3 nitrogen and oxygen atoms in total. The lowest BCUT2D eigenvalue weighted by Gasteiger charge is -2.39. The number of hydrogen-bond acceptors (Lipinski definition) is 3. The number of ether oxygens (including phenoxy) is 1. The van der Waals surface area contributed by atoms with Gasteiger partial charge in [0.05, 0.1) is 5.69 Å². The number of hydrogen-bond donors (Lipinski definition) is 0. The molecular weight excluding hydrogens is 382 g/mol. The molecule has 3 aromatic rings. The van der Waals surface area contributed by atoms with Gasteiger partial charge in [-0.2, -0.15) is 0 Å². The lowest BCUT2D eigenvalue weighted by atomic mass is 9.64. The van der Waals surface area contributed by atoms with Crippen molar-refractivity contribution < 1.29 is 9.53 Å². The SMILES string of the molecule is CC(C)(Oc1ccc([C@]2(c3ccc(C=O)cc3)CC3CCC2C3)cc1)c1ccccn1. The van der Waals surface area contributed by atoms with Gasteiger partial charge in [0.15, 0.2) is 0 Å². The van der Waals surface area contributed by atoms with E-state index < -0.39 is 5.60 Å². The number of benzene rings is 2. The molecule has 31 heavy (non-hydrogen) atoms. The molecule has 2 bridgehead atoms. The van der Waals surface area contributed by atoms with Crippen molar-refractivity contribution in [1.82, 2.24) is 4.98 Å². The molecule has 0 N–H and O–H groups in total. The smallest absolute Gasteiger partial charge is 0.150 e. The van der Waals surface area contributed by atoms with Gasteiger partial charge in [-0.05, 0) is 80.3 Å². The molecule has 0 radical (unpaired) electrons. The van der Waals surface area contributed by atoms with E-state index in [9.17, 15) is 4.79 Å². The van der Waals surface area contributed by atoms with Crippen LogP contribution >= 0.6 is 0 Å². The quantitative estimate of drug-likeness (QED) is 0.446. The Morgan fingerprint density at radius 2 is 1.68 bits per heavy atom. The number of nitrogens with zero attached hydrogens (tertiary/aromatic N) is 1. The summed E-state index contributed by atoms with van der Waals surface area (Å²) in [5.41, 5.74) is 3.90. The first-order chi connectivity index (χ1) is 15.0. The van der Waals surface area contributed by atoms with Crippen LogP contribution in [0.25, 0.3) is 0 Å². The Morgan fingerprint density at radius 3 is 2.23 bits per heavy atom. The van der Waals surface area contributed by atoms with Crippen molar-refractivity contribution in [2.75, 3.05) is 0 Å². The molecule has 2 aliphatic rings. The van der Waals surface area contributed by atoms with Crippen molar-refractivity contribution in [2.45, 2.75) is 50.5 Å². The van der Waals surface area contributed by atoms with E-state index in [4.69, 9.17) is 4.74 Å². The lowest BCUT2D eigenvalue weighted by Crippen LogP contribution is -2.34. The van der Waals surface area contributed by atoms with Gasteiger partial charge in [0.1, 0.15) is 17.6 Å². The Hall–Kier alpha value is -2.94. The Bertz CT molecular complexity index is 1060. The molecule has 0 spiro atoms. The summed E-state index contributed by atoms with van der Waals surface area (Å²) in [7, 11) is 0. The highest BCUT2D eigenvalue weighted by molar-refractivity contribution is 5.74. The van der Waals surface area contributed by atoms with Crippen LogP contribution in [-0.4, -0.2) is 11.3 Å². The summed E-state index contributed by atoms with van der Waals surface area (Å²) >= 11 is 0. The maximum absolute atomic E-state index is 11.2.